The van der Waals surface area contributed by atoms with Crippen LogP contribution >= 0.6 is 11.6 Å². The fourth-order valence-corrected chi connectivity index (χ4v) is 2.26. The van der Waals surface area contributed by atoms with E-state index >= 15 is 0 Å². The average Bonchev–Trinajstić information content (AvgIpc) is 2.90. The van der Waals surface area contributed by atoms with E-state index < -0.39 is 11.2 Å². The number of anilines is 1. The molecule has 0 saturated heterocycles. The molecule has 0 aliphatic carbocycles. The second-order valence-electron chi connectivity index (χ2n) is 6.51. The molecule has 5 nitrogen and oxygen atoms in total. The molecule has 0 bridgehead atoms. The number of hydrogen-bond acceptors (Lipinski definition) is 3. The molecule has 2 aromatic heterocycles. The molecule has 1 amide bonds. The minimum Gasteiger partial charge on any atom is -0.336 e. The summed E-state index contributed by atoms with van der Waals surface area (Å²) in [4.78, 5) is 23.5. The van der Waals surface area contributed by atoms with Crippen molar-refractivity contribution >= 4 is 34.4 Å². The molecule has 2 heterocycles. The molecule has 0 aliphatic rings. The number of nitrogens with zero attached hydrogens (tertiary/aromatic N) is 2. The van der Waals surface area contributed by atoms with Gasteiger partial charge in [-0.15, -0.1) is 0 Å². The maximum Gasteiger partial charge on any atom is 0.229 e. The lowest BCUT2D eigenvalue weighted by atomic mass is 9.95. The number of rotatable bonds is 2. The smallest absolute Gasteiger partial charge is 0.229 e. The summed E-state index contributed by atoms with van der Waals surface area (Å²) in [5, 5.41) is 3.24. The van der Waals surface area contributed by atoms with Crippen molar-refractivity contribution in [3.63, 3.8) is 0 Å². The van der Waals surface area contributed by atoms with Gasteiger partial charge in [-0.25, -0.2) is 14.4 Å². The van der Waals surface area contributed by atoms with E-state index in [1.165, 1.54) is 24.4 Å². The summed E-state index contributed by atoms with van der Waals surface area (Å²) in [6.07, 6.45) is 1.48. The number of hydrogen-bond donors (Lipinski definition) is 2. The van der Waals surface area contributed by atoms with Gasteiger partial charge in [-0.3, -0.25) is 4.79 Å². The van der Waals surface area contributed by atoms with Crippen molar-refractivity contribution in [1.29, 1.82) is 0 Å². The van der Waals surface area contributed by atoms with Crippen molar-refractivity contribution < 1.29 is 9.18 Å². The van der Waals surface area contributed by atoms with Gasteiger partial charge in [0.25, 0.3) is 0 Å². The maximum absolute atomic E-state index is 14.2. The van der Waals surface area contributed by atoms with Gasteiger partial charge in [-0.1, -0.05) is 32.4 Å². The minimum absolute atomic E-state index is 0.155. The highest BCUT2D eigenvalue weighted by Gasteiger charge is 2.22. The number of fused-ring (bicyclic) bond motifs is 1. The quantitative estimate of drug-likeness (QED) is 0.722. The lowest BCUT2D eigenvalue weighted by Gasteiger charge is -2.18. The third-order valence-corrected chi connectivity index (χ3v) is 3.67. The van der Waals surface area contributed by atoms with Crippen molar-refractivity contribution in [3.8, 4) is 11.4 Å². The maximum atomic E-state index is 14.2. The molecule has 0 fully saturated rings. The summed E-state index contributed by atoms with van der Waals surface area (Å²) in [6, 6.07) is 6.02. The van der Waals surface area contributed by atoms with Gasteiger partial charge >= 0.3 is 0 Å². The van der Waals surface area contributed by atoms with Crippen molar-refractivity contribution in [1.82, 2.24) is 15.0 Å². The summed E-state index contributed by atoms with van der Waals surface area (Å²) in [6.45, 7) is 5.42. The number of carbonyl (C=O) groups excluding carboxylic acids is 1. The minimum atomic E-state index is -0.547. The van der Waals surface area contributed by atoms with Crippen LogP contribution in [-0.2, 0) is 4.79 Å². The van der Waals surface area contributed by atoms with Gasteiger partial charge in [0.15, 0.2) is 5.65 Å². The Labute approximate surface area is 143 Å². The molecular formula is C17H16ClFN4O. The Kier molecular flexibility index (Phi) is 4.01. The molecular weight excluding hydrogens is 331 g/mol. The summed E-state index contributed by atoms with van der Waals surface area (Å²) >= 11 is 5.90. The Bertz CT molecular complexity index is 930. The largest absolute Gasteiger partial charge is 0.336 e. The number of carbonyl (C=O) groups is 1. The molecule has 2 N–H and O–H groups in total. The average molecular weight is 347 g/mol. The Balaban J connectivity index is 2.00. The van der Waals surface area contributed by atoms with Gasteiger partial charge in [-0.2, -0.15) is 0 Å². The Morgan fingerprint density at radius 1 is 1.29 bits per heavy atom. The van der Waals surface area contributed by atoms with Crippen LogP contribution in [0.5, 0.6) is 0 Å². The summed E-state index contributed by atoms with van der Waals surface area (Å²) in [5.74, 6) is -0.281. The molecule has 0 spiro atoms. The van der Waals surface area contributed by atoms with E-state index in [-0.39, 0.29) is 11.5 Å². The number of nitrogens with one attached hydrogen (secondary N) is 2. The van der Waals surface area contributed by atoms with E-state index in [2.05, 4.69) is 20.3 Å². The summed E-state index contributed by atoms with van der Waals surface area (Å²) < 4.78 is 14.2. The van der Waals surface area contributed by atoms with Crippen LogP contribution in [0, 0.1) is 11.2 Å². The Hall–Kier alpha value is -2.47. The fraction of sp³-hybridized carbons (Fsp3) is 0.235. The molecule has 0 aliphatic heterocycles. The van der Waals surface area contributed by atoms with E-state index in [0.29, 0.717) is 27.7 Å². The van der Waals surface area contributed by atoms with Gasteiger partial charge in [-0.05, 0) is 24.3 Å². The highest BCUT2D eigenvalue weighted by molar-refractivity contribution is 6.31. The first-order chi connectivity index (χ1) is 11.2. The molecule has 0 unspecified atom stereocenters. The third-order valence-electron chi connectivity index (χ3n) is 3.46. The number of H-pyrrole nitrogens is 1. The number of imidazole rings is 1. The molecule has 0 radical (unpaired) electrons. The van der Waals surface area contributed by atoms with Gasteiger partial charge in [0, 0.05) is 17.3 Å². The van der Waals surface area contributed by atoms with Crippen LogP contribution in [0.15, 0.2) is 30.5 Å². The van der Waals surface area contributed by atoms with Crippen LogP contribution in [0.2, 0.25) is 5.02 Å². The number of amides is 1. The van der Waals surface area contributed by atoms with Crippen LogP contribution in [0.3, 0.4) is 0 Å². The molecule has 3 aromatic rings. The molecule has 3 rings (SSSR count). The SMILES string of the molecule is CC(C)(C)C(=O)Nc1ccc(F)c(-c2nc3ncc(Cl)cc3[nH]2)c1. The molecule has 7 heteroatoms. The molecule has 0 atom stereocenters. The van der Waals surface area contributed by atoms with Gasteiger partial charge in [0.2, 0.25) is 5.91 Å². The second kappa shape index (κ2) is 5.87. The molecule has 124 valence electrons. The first-order valence-electron chi connectivity index (χ1n) is 7.37. The van der Waals surface area contributed by atoms with Crippen LogP contribution < -0.4 is 5.32 Å². The van der Waals surface area contributed by atoms with E-state index in [9.17, 15) is 9.18 Å². The van der Waals surface area contributed by atoms with Crippen molar-refractivity contribution in [2.75, 3.05) is 5.32 Å². The van der Waals surface area contributed by atoms with Gasteiger partial charge in [0.1, 0.15) is 11.6 Å². The van der Waals surface area contributed by atoms with Gasteiger partial charge < -0.3 is 10.3 Å². The van der Waals surface area contributed by atoms with Crippen molar-refractivity contribution in [2.45, 2.75) is 20.8 Å². The zero-order chi connectivity index (χ0) is 17.5. The van der Waals surface area contributed by atoms with Crippen molar-refractivity contribution in [2.24, 2.45) is 5.41 Å². The molecule has 1 aromatic carbocycles. The third kappa shape index (κ3) is 3.23. The zero-order valence-corrected chi connectivity index (χ0v) is 14.2. The molecule has 0 saturated carbocycles. The number of halogens is 2. The Morgan fingerprint density at radius 2 is 2.04 bits per heavy atom. The standard InChI is InChI=1S/C17H16ClFN4O/c1-17(2,3)16(24)21-10-4-5-12(19)11(7-10)14-22-13-6-9(18)8-20-15(13)23-14/h4-8H,1-3H3,(H,21,24)(H,20,22,23). The number of aromatic nitrogens is 3. The lowest BCUT2D eigenvalue weighted by molar-refractivity contribution is -0.123. The van der Waals surface area contributed by atoms with Crippen molar-refractivity contribution in [3.05, 3.63) is 41.3 Å². The van der Waals surface area contributed by atoms with Crippen LogP contribution in [0.1, 0.15) is 20.8 Å². The highest BCUT2D eigenvalue weighted by Crippen LogP contribution is 2.27. The number of aromatic amines is 1. The van der Waals surface area contributed by atoms with E-state index in [0.717, 1.165) is 0 Å². The predicted molar refractivity (Wildman–Crippen MR) is 92.4 cm³/mol. The topological polar surface area (TPSA) is 70.7 Å². The van der Waals surface area contributed by atoms with Gasteiger partial charge in [0.05, 0.1) is 16.1 Å². The van der Waals surface area contributed by atoms with E-state index in [1.807, 2.05) is 0 Å². The first kappa shape index (κ1) is 16.4. The number of pyridine rings is 1. The second-order valence-corrected chi connectivity index (χ2v) is 6.95. The fourth-order valence-electron chi connectivity index (χ4n) is 2.11. The van der Waals surface area contributed by atoms with E-state index in [4.69, 9.17) is 11.6 Å². The van der Waals surface area contributed by atoms with E-state index in [1.54, 1.807) is 26.8 Å². The molecule has 24 heavy (non-hydrogen) atoms. The van der Waals surface area contributed by atoms with Crippen LogP contribution in [-0.4, -0.2) is 20.9 Å². The van der Waals surface area contributed by atoms with Crippen LogP contribution in [0.4, 0.5) is 10.1 Å². The Morgan fingerprint density at radius 3 is 2.75 bits per heavy atom. The predicted octanol–water partition coefficient (Wildman–Crippen LogP) is 4.40. The highest BCUT2D eigenvalue weighted by atomic mass is 35.5. The number of benzene rings is 1. The summed E-state index contributed by atoms with van der Waals surface area (Å²) in [5.41, 5.74) is 1.25. The zero-order valence-electron chi connectivity index (χ0n) is 13.4. The monoisotopic (exact) mass is 346 g/mol. The van der Waals surface area contributed by atoms with Crippen LogP contribution in [0.25, 0.3) is 22.6 Å². The lowest BCUT2D eigenvalue weighted by Crippen LogP contribution is -2.27. The first-order valence-corrected chi connectivity index (χ1v) is 7.74. The summed E-state index contributed by atoms with van der Waals surface area (Å²) in [7, 11) is 0. The normalized spacial score (nSPS) is 11.7.